The zero-order chi connectivity index (χ0) is 11.2. The summed E-state index contributed by atoms with van der Waals surface area (Å²) >= 11 is 4.22. The number of carbonyl (C=O) groups excluding carboxylic acids is 1. The standard InChI is InChI=1S/C13H18OS2/c1-12-5-6-13(15-7-2-8-16-13)9-10(12)3-4-11(12)14/h9H,2-8H2,1H3/t12-/m1/s1. The van der Waals surface area contributed by atoms with Crippen molar-refractivity contribution in [3.8, 4) is 0 Å². The van der Waals surface area contributed by atoms with E-state index in [2.05, 4.69) is 36.5 Å². The molecule has 1 atom stereocenters. The highest BCUT2D eigenvalue weighted by atomic mass is 32.2. The quantitative estimate of drug-likeness (QED) is 0.614. The van der Waals surface area contributed by atoms with Gasteiger partial charge in [-0.05, 0) is 44.1 Å². The van der Waals surface area contributed by atoms with Crippen LogP contribution in [0.2, 0.25) is 0 Å². The van der Waals surface area contributed by atoms with Crippen LogP contribution in [0.3, 0.4) is 0 Å². The molecule has 16 heavy (non-hydrogen) atoms. The number of ketones is 1. The fraction of sp³-hybridized carbons (Fsp3) is 0.769. The predicted molar refractivity (Wildman–Crippen MR) is 71.9 cm³/mol. The van der Waals surface area contributed by atoms with Crippen molar-refractivity contribution in [3.05, 3.63) is 11.6 Å². The number of hydrogen-bond acceptors (Lipinski definition) is 3. The number of carbonyl (C=O) groups is 1. The summed E-state index contributed by atoms with van der Waals surface area (Å²) in [5.74, 6) is 3.07. The van der Waals surface area contributed by atoms with E-state index < -0.39 is 0 Å². The van der Waals surface area contributed by atoms with Crippen molar-refractivity contribution >= 4 is 29.3 Å². The van der Waals surface area contributed by atoms with Crippen molar-refractivity contribution in [2.24, 2.45) is 5.41 Å². The lowest BCUT2D eigenvalue weighted by molar-refractivity contribution is -0.124. The number of hydrogen-bond donors (Lipinski definition) is 0. The molecule has 0 aromatic rings. The Hall–Kier alpha value is 0.110. The summed E-state index contributed by atoms with van der Waals surface area (Å²) in [5, 5.41) is 0. The van der Waals surface area contributed by atoms with Crippen LogP contribution in [0.15, 0.2) is 11.6 Å². The number of rotatable bonds is 0. The summed E-state index contributed by atoms with van der Waals surface area (Å²) in [4.78, 5) is 11.9. The summed E-state index contributed by atoms with van der Waals surface area (Å²) in [6.45, 7) is 2.17. The molecule has 3 aliphatic rings. The van der Waals surface area contributed by atoms with Crippen LogP contribution in [-0.4, -0.2) is 21.4 Å². The first-order valence-corrected chi connectivity index (χ1v) is 8.15. The van der Waals surface area contributed by atoms with Crippen LogP contribution < -0.4 is 0 Å². The number of thioether (sulfide) groups is 2. The van der Waals surface area contributed by atoms with Gasteiger partial charge in [0, 0.05) is 11.8 Å². The lowest BCUT2D eigenvalue weighted by atomic mass is 9.75. The minimum absolute atomic E-state index is 0.0795. The molecule has 0 amide bonds. The van der Waals surface area contributed by atoms with Gasteiger partial charge in [0.15, 0.2) is 0 Å². The zero-order valence-electron chi connectivity index (χ0n) is 9.75. The fourth-order valence-corrected chi connectivity index (χ4v) is 6.32. The molecule has 3 rings (SSSR count). The molecular weight excluding hydrogens is 236 g/mol. The van der Waals surface area contributed by atoms with E-state index in [0.717, 1.165) is 19.3 Å². The fourth-order valence-electron chi connectivity index (χ4n) is 3.09. The highest BCUT2D eigenvalue weighted by Crippen LogP contribution is 2.57. The molecule has 1 nitrogen and oxygen atoms in total. The minimum Gasteiger partial charge on any atom is -0.299 e. The Balaban J connectivity index is 1.93. The Morgan fingerprint density at radius 3 is 2.69 bits per heavy atom. The smallest absolute Gasteiger partial charge is 0.143 e. The summed E-state index contributed by atoms with van der Waals surface area (Å²) in [6, 6.07) is 0. The van der Waals surface area contributed by atoms with E-state index in [1.165, 1.54) is 29.9 Å². The van der Waals surface area contributed by atoms with Gasteiger partial charge in [-0.2, -0.15) is 0 Å². The SMILES string of the molecule is C[C@@]12CCC3(C=C1CCC2=O)SCCCS3. The normalized spacial score (nSPS) is 37.3. The maximum atomic E-state index is 11.9. The Morgan fingerprint density at radius 2 is 1.94 bits per heavy atom. The summed E-state index contributed by atoms with van der Waals surface area (Å²) in [5.41, 5.74) is 1.37. The summed E-state index contributed by atoms with van der Waals surface area (Å²) in [7, 11) is 0. The molecule has 1 saturated carbocycles. The highest BCUT2D eigenvalue weighted by Gasteiger charge is 2.48. The van der Waals surface area contributed by atoms with Gasteiger partial charge in [0.2, 0.25) is 0 Å². The second-order valence-electron chi connectivity index (χ2n) is 5.29. The second kappa shape index (κ2) is 3.81. The van der Waals surface area contributed by atoms with Gasteiger partial charge in [-0.1, -0.05) is 11.6 Å². The first-order valence-electron chi connectivity index (χ1n) is 6.18. The molecule has 1 heterocycles. The number of fused-ring (bicyclic) bond motifs is 1. The molecule has 1 saturated heterocycles. The predicted octanol–water partition coefficient (Wildman–Crippen LogP) is 3.64. The van der Waals surface area contributed by atoms with Crippen LogP contribution >= 0.6 is 23.5 Å². The van der Waals surface area contributed by atoms with Crippen molar-refractivity contribution in [3.63, 3.8) is 0 Å². The van der Waals surface area contributed by atoms with E-state index in [4.69, 9.17) is 0 Å². The molecule has 88 valence electrons. The van der Waals surface area contributed by atoms with Crippen LogP contribution in [0.5, 0.6) is 0 Å². The van der Waals surface area contributed by atoms with Crippen molar-refractivity contribution in [1.29, 1.82) is 0 Å². The molecule has 0 aromatic carbocycles. The molecule has 0 unspecified atom stereocenters. The van der Waals surface area contributed by atoms with E-state index in [1.54, 1.807) is 0 Å². The Morgan fingerprint density at radius 1 is 1.19 bits per heavy atom. The van der Waals surface area contributed by atoms with Crippen molar-refractivity contribution in [1.82, 2.24) is 0 Å². The molecule has 0 N–H and O–H groups in total. The van der Waals surface area contributed by atoms with Crippen molar-refractivity contribution in [2.45, 2.75) is 43.1 Å². The molecule has 0 radical (unpaired) electrons. The van der Waals surface area contributed by atoms with Gasteiger partial charge in [0.05, 0.1) is 4.08 Å². The first-order chi connectivity index (χ1) is 7.65. The summed E-state index contributed by atoms with van der Waals surface area (Å²) in [6.07, 6.45) is 7.89. The third-order valence-corrected chi connectivity index (χ3v) is 7.61. The Kier molecular flexibility index (Phi) is 2.67. The lowest BCUT2D eigenvalue weighted by Gasteiger charge is -2.41. The molecular formula is C13H18OS2. The van der Waals surface area contributed by atoms with Crippen LogP contribution in [-0.2, 0) is 4.79 Å². The van der Waals surface area contributed by atoms with E-state index >= 15 is 0 Å². The van der Waals surface area contributed by atoms with Gasteiger partial charge in [-0.15, -0.1) is 23.5 Å². The minimum atomic E-state index is -0.0795. The van der Waals surface area contributed by atoms with E-state index in [1.807, 2.05) is 0 Å². The summed E-state index contributed by atoms with van der Waals surface area (Å²) < 4.78 is 0.331. The van der Waals surface area contributed by atoms with Crippen LogP contribution in [0, 0.1) is 5.41 Å². The van der Waals surface area contributed by atoms with Gasteiger partial charge in [0.1, 0.15) is 5.78 Å². The Labute approximate surface area is 106 Å². The van der Waals surface area contributed by atoms with Crippen LogP contribution in [0.25, 0.3) is 0 Å². The molecule has 2 aliphatic carbocycles. The van der Waals surface area contributed by atoms with Gasteiger partial charge in [-0.25, -0.2) is 0 Å². The first kappa shape index (κ1) is 11.2. The molecule has 0 aromatic heterocycles. The third-order valence-electron chi connectivity index (χ3n) is 4.29. The maximum absolute atomic E-state index is 11.9. The van der Waals surface area contributed by atoms with Crippen molar-refractivity contribution in [2.75, 3.05) is 11.5 Å². The second-order valence-corrected chi connectivity index (χ2v) is 8.40. The molecule has 1 aliphatic heterocycles. The lowest BCUT2D eigenvalue weighted by Crippen LogP contribution is -2.35. The average molecular weight is 254 g/mol. The number of allylic oxidation sites excluding steroid dienone is 1. The van der Waals surface area contributed by atoms with E-state index in [0.29, 0.717) is 9.86 Å². The molecule has 0 bridgehead atoms. The van der Waals surface area contributed by atoms with Gasteiger partial charge in [0.25, 0.3) is 0 Å². The highest BCUT2D eigenvalue weighted by molar-refractivity contribution is 8.19. The Bertz CT molecular complexity index is 355. The monoisotopic (exact) mass is 254 g/mol. The van der Waals surface area contributed by atoms with Crippen LogP contribution in [0.4, 0.5) is 0 Å². The van der Waals surface area contributed by atoms with Gasteiger partial charge < -0.3 is 0 Å². The largest absolute Gasteiger partial charge is 0.299 e. The van der Waals surface area contributed by atoms with Gasteiger partial charge in [-0.3, -0.25) is 4.79 Å². The van der Waals surface area contributed by atoms with Crippen molar-refractivity contribution < 1.29 is 4.79 Å². The van der Waals surface area contributed by atoms with Crippen LogP contribution in [0.1, 0.15) is 39.0 Å². The molecule has 1 spiro atoms. The third kappa shape index (κ3) is 1.59. The number of Topliss-reactive ketones (excluding diaryl/α,β-unsaturated/α-hetero) is 1. The average Bonchev–Trinajstić information content (AvgIpc) is 2.58. The molecule has 2 fully saturated rings. The molecule has 3 heteroatoms. The van der Waals surface area contributed by atoms with E-state index in [-0.39, 0.29) is 5.41 Å². The van der Waals surface area contributed by atoms with E-state index in [9.17, 15) is 4.79 Å². The van der Waals surface area contributed by atoms with Gasteiger partial charge >= 0.3 is 0 Å². The maximum Gasteiger partial charge on any atom is 0.143 e. The topological polar surface area (TPSA) is 17.1 Å². The zero-order valence-corrected chi connectivity index (χ0v) is 11.4.